The Bertz CT molecular complexity index is 355. The summed E-state index contributed by atoms with van der Waals surface area (Å²) in [5.74, 6) is -2.02. The van der Waals surface area contributed by atoms with Gasteiger partial charge in [-0.1, -0.05) is 12.2 Å². The van der Waals surface area contributed by atoms with Crippen LogP contribution in [0.3, 0.4) is 0 Å². The Morgan fingerprint density at radius 2 is 1.53 bits per heavy atom. The van der Waals surface area contributed by atoms with Crippen molar-refractivity contribution in [3.63, 3.8) is 0 Å². The van der Waals surface area contributed by atoms with Gasteiger partial charge >= 0.3 is 17.9 Å². The Labute approximate surface area is 115 Å². The number of esters is 3. The Kier molecular flexibility index (Phi) is 7.85. The number of aliphatic hydroxyl groups is 1. The normalized spacial score (nSPS) is 14.7. The highest BCUT2D eigenvalue weighted by atomic mass is 32.1. The lowest BCUT2D eigenvalue weighted by Crippen LogP contribution is -2.47. The summed E-state index contributed by atoms with van der Waals surface area (Å²) in [7, 11) is 0. The van der Waals surface area contributed by atoms with Gasteiger partial charge in [0.05, 0.1) is 6.61 Å². The van der Waals surface area contributed by atoms with Crippen molar-refractivity contribution in [3.05, 3.63) is 0 Å². The summed E-state index contributed by atoms with van der Waals surface area (Å²) in [6.07, 6.45) is -3.48. The Morgan fingerprint density at radius 3 is 1.84 bits per heavy atom. The Hall–Kier alpha value is -1.54. The van der Waals surface area contributed by atoms with E-state index in [4.69, 9.17) is 14.2 Å². The maximum absolute atomic E-state index is 11.0. The van der Waals surface area contributed by atoms with Gasteiger partial charge in [0.15, 0.2) is 18.3 Å². The zero-order valence-electron chi connectivity index (χ0n) is 10.8. The highest BCUT2D eigenvalue weighted by Crippen LogP contribution is 2.13. The molecule has 0 aliphatic heterocycles. The average Bonchev–Trinajstić information content (AvgIpc) is 2.29. The summed E-state index contributed by atoms with van der Waals surface area (Å²) in [6, 6.07) is 0. The first-order valence-electron chi connectivity index (χ1n) is 5.39. The largest absolute Gasteiger partial charge is 0.456 e. The second kappa shape index (κ2) is 8.54. The molecule has 0 saturated heterocycles. The fourth-order valence-corrected chi connectivity index (χ4v) is 1.54. The second-order valence-electron chi connectivity index (χ2n) is 3.61. The molecule has 0 rings (SSSR count). The topological polar surface area (TPSA) is 99.1 Å². The smallest absolute Gasteiger partial charge is 0.303 e. The minimum Gasteiger partial charge on any atom is -0.456 e. The zero-order chi connectivity index (χ0) is 15.0. The van der Waals surface area contributed by atoms with Gasteiger partial charge in [-0.15, -0.1) is 0 Å². The van der Waals surface area contributed by atoms with Crippen LogP contribution in [-0.4, -0.2) is 53.3 Å². The number of thiocarbonyl (C=S) groups is 1. The van der Waals surface area contributed by atoms with Crippen molar-refractivity contribution in [1.82, 2.24) is 0 Å². The highest BCUT2D eigenvalue weighted by molar-refractivity contribution is 7.79. The summed E-state index contributed by atoms with van der Waals surface area (Å²) in [4.78, 5) is 32.9. The third kappa shape index (κ3) is 6.82. The van der Waals surface area contributed by atoms with Gasteiger partial charge in [-0.3, -0.25) is 14.4 Å². The molecule has 0 unspecified atom stereocenters. The maximum Gasteiger partial charge on any atom is 0.303 e. The molecule has 8 heteroatoms. The van der Waals surface area contributed by atoms with Crippen molar-refractivity contribution < 1.29 is 33.7 Å². The van der Waals surface area contributed by atoms with Crippen LogP contribution in [0.15, 0.2) is 0 Å². The number of carbonyl (C=O) groups excluding carboxylic acids is 3. The first-order chi connectivity index (χ1) is 8.81. The molecule has 3 atom stereocenters. The molecule has 0 aromatic rings. The van der Waals surface area contributed by atoms with Crippen LogP contribution in [0.25, 0.3) is 0 Å². The Morgan fingerprint density at radius 1 is 1.05 bits per heavy atom. The van der Waals surface area contributed by atoms with Crippen molar-refractivity contribution in [3.8, 4) is 0 Å². The fraction of sp³-hybridized carbons (Fsp3) is 0.636. The van der Waals surface area contributed by atoms with Gasteiger partial charge in [0.2, 0.25) is 0 Å². The standard InChI is InChI=1S/C11H16O7S/c1-6(13)16-9(4-12)11(18-8(3)15)10(5-19)17-7(2)14/h5,9-12H,4H2,1-3H3/t9-,10-,11-/m1/s1. The number of aliphatic hydroxyl groups excluding tert-OH is 1. The molecule has 0 amide bonds. The van der Waals surface area contributed by atoms with E-state index in [9.17, 15) is 19.5 Å². The molecule has 7 nitrogen and oxygen atoms in total. The second-order valence-corrected chi connectivity index (χ2v) is 3.89. The highest BCUT2D eigenvalue weighted by Gasteiger charge is 2.35. The quantitative estimate of drug-likeness (QED) is 0.390. The van der Waals surface area contributed by atoms with Gasteiger partial charge in [-0.25, -0.2) is 0 Å². The summed E-state index contributed by atoms with van der Waals surface area (Å²) in [5.41, 5.74) is 0. The van der Waals surface area contributed by atoms with Gasteiger partial charge in [0, 0.05) is 26.1 Å². The van der Waals surface area contributed by atoms with E-state index in [1.165, 1.54) is 0 Å². The molecule has 0 aromatic heterocycles. The maximum atomic E-state index is 11.0. The fourth-order valence-electron chi connectivity index (χ4n) is 1.33. The van der Waals surface area contributed by atoms with E-state index in [0.29, 0.717) is 0 Å². The van der Waals surface area contributed by atoms with Crippen LogP contribution < -0.4 is 0 Å². The van der Waals surface area contributed by atoms with E-state index >= 15 is 0 Å². The van der Waals surface area contributed by atoms with Gasteiger partial charge in [0.25, 0.3) is 0 Å². The van der Waals surface area contributed by atoms with Crippen LogP contribution >= 0.6 is 12.2 Å². The molecule has 0 radical (unpaired) electrons. The zero-order valence-corrected chi connectivity index (χ0v) is 11.6. The van der Waals surface area contributed by atoms with Gasteiger partial charge in [0.1, 0.15) is 0 Å². The molecule has 0 saturated carbocycles. The molecule has 0 spiro atoms. The summed E-state index contributed by atoms with van der Waals surface area (Å²) in [5, 5.41) is 10.2. The summed E-state index contributed by atoms with van der Waals surface area (Å²) >= 11 is 4.69. The molecule has 0 fully saturated rings. The minimum absolute atomic E-state index is 0.613. The SMILES string of the molecule is CC(=O)O[C@@H]([C@@H](C=S)OC(C)=O)[C@@H](CO)OC(C)=O. The molecule has 19 heavy (non-hydrogen) atoms. The van der Waals surface area contributed by atoms with Crippen LogP contribution in [0.5, 0.6) is 0 Å². The van der Waals surface area contributed by atoms with Crippen molar-refractivity contribution >= 4 is 35.5 Å². The molecule has 0 aromatic carbocycles. The third-order valence-electron chi connectivity index (χ3n) is 1.93. The average molecular weight is 292 g/mol. The lowest BCUT2D eigenvalue weighted by Gasteiger charge is -2.28. The van der Waals surface area contributed by atoms with Gasteiger partial charge in [-0.2, -0.15) is 0 Å². The van der Waals surface area contributed by atoms with Crippen molar-refractivity contribution in [2.45, 2.75) is 39.1 Å². The molecule has 0 heterocycles. The first kappa shape index (κ1) is 17.5. The van der Waals surface area contributed by atoms with E-state index in [-0.39, 0.29) is 0 Å². The van der Waals surface area contributed by atoms with E-state index in [0.717, 1.165) is 26.1 Å². The van der Waals surface area contributed by atoms with E-state index in [1.54, 1.807) is 0 Å². The van der Waals surface area contributed by atoms with Crippen molar-refractivity contribution in [2.75, 3.05) is 6.61 Å². The van der Waals surface area contributed by atoms with Crippen LogP contribution in [0.4, 0.5) is 0 Å². The minimum atomic E-state index is -1.20. The van der Waals surface area contributed by atoms with Crippen molar-refractivity contribution in [1.29, 1.82) is 0 Å². The molecule has 0 aliphatic rings. The molecule has 1 N–H and O–H groups in total. The predicted octanol–water partition coefficient (Wildman–Crippen LogP) is -0.227. The van der Waals surface area contributed by atoms with Crippen LogP contribution in [0.1, 0.15) is 20.8 Å². The van der Waals surface area contributed by atoms with Crippen molar-refractivity contribution in [2.24, 2.45) is 0 Å². The van der Waals surface area contributed by atoms with Crippen LogP contribution in [0.2, 0.25) is 0 Å². The number of hydrogen-bond acceptors (Lipinski definition) is 8. The Balaban J connectivity index is 5.11. The number of carbonyl (C=O) groups is 3. The monoisotopic (exact) mass is 292 g/mol. The van der Waals surface area contributed by atoms with Crippen LogP contribution in [-0.2, 0) is 28.6 Å². The molecule has 0 aliphatic carbocycles. The molecule has 0 bridgehead atoms. The van der Waals surface area contributed by atoms with Gasteiger partial charge in [-0.05, 0) is 0 Å². The third-order valence-corrected chi connectivity index (χ3v) is 2.19. The number of ether oxygens (including phenoxy) is 3. The lowest BCUT2D eigenvalue weighted by atomic mass is 10.1. The van der Waals surface area contributed by atoms with E-state index in [1.807, 2.05) is 0 Å². The van der Waals surface area contributed by atoms with Gasteiger partial charge < -0.3 is 19.3 Å². The predicted molar refractivity (Wildman–Crippen MR) is 67.4 cm³/mol. The van der Waals surface area contributed by atoms with E-state index in [2.05, 4.69) is 12.2 Å². The van der Waals surface area contributed by atoms with E-state index < -0.39 is 42.8 Å². The molecular formula is C11H16O7S. The first-order valence-corrected chi connectivity index (χ1v) is 5.86. The lowest BCUT2D eigenvalue weighted by molar-refractivity contribution is -0.179. The summed E-state index contributed by atoms with van der Waals surface area (Å²) < 4.78 is 14.6. The molecule has 108 valence electrons. The number of rotatable bonds is 7. The van der Waals surface area contributed by atoms with Crippen LogP contribution in [0, 0.1) is 0 Å². The number of hydrogen-bond donors (Lipinski definition) is 1. The summed E-state index contributed by atoms with van der Waals surface area (Å²) in [6.45, 7) is 2.80. The molecular weight excluding hydrogens is 276 g/mol.